The minimum Gasteiger partial charge on any atom is -0.309 e. The normalized spacial score (nSPS) is 14.4. The molecule has 0 N–H and O–H groups in total. The third-order valence-corrected chi connectivity index (χ3v) is 7.73. The van der Waals surface area contributed by atoms with Gasteiger partial charge in [-0.3, -0.25) is 0 Å². The summed E-state index contributed by atoms with van der Waals surface area (Å²) in [6, 6.07) is 22.2. The van der Waals surface area contributed by atoms with Gasteiger partial charge in [-0.05, 0) is 38.4 Å². The lowest BCUT2D eigenvalue weighted by atomic mass is 10.1. The largest absolute Gasteiger partial charge is 0.309 e. The Morgan fingerprint density at radius 1 is 0.769 bits per heavy atom. The number of allylic oxidation sites excluding steroid dienone is 3. The molecule has 0 amide bonds. The zero-order chi connectivity index (χ0) is 17.1. The number of aromatic nitrogens is 1. The summed E-state index contributed by atoms with van der Waals surface area (Å²) in [5.74, 6) is 0. The molecule has 0 aliphatic carbocycles. The van der Waals surface area contributed by atoms with Crippen LogP contribution in [0.25, 0.3) is 47.7 Å². The molecule has 0 unspecified atom stereocenters. The van der Waals surface area contributed by atoms with E-state index in [9.17, 15) is 0 Å². The quantitative estimate of drug-likeness (QED) is 0.230. The first kappa shape index (κ1) is 14.9. The average Bonchev–Trinajstić information content (AvgIpc) is 3.24. The fourth-order valence-electron chi connectivity index (χ4n) is 3.98. The number of hydrogen-bond acceptors (Lipinski definition) is 1. The summed E-state index contributed by atoms with van der Waals surface area (Å²) in [7, 11) is 0. The highest BCUT2D eigenvalue weighted by Gasteiger charge is 2.17. The van der Waals surface area contributed by atoms with E-state index in [2.05, 4.69) is 85.5 Å². The standard InChI is InChI=1S/C23H14INS/c1-3-7-19-16(5-1)17-9-10-21-22(18-6-2-4-8-20(18)26-21)23(17)25(19)15-11-13-24-14-12-15/h1-14H. The summed E-state index contributed by atoms with van der Waals surface area (Å²) in [6.07, 6.45) is 4.60. The molecule has 3 heteroatoms. The van der Waals surface area contributed by atoms with Gasteiger partial charge in [0.25, 0.3) is 0 Å². The number of hydrogen-bond donors (Lipinski definition) is 0. The second-order valence-electron chi connectivity index (χ2n) is 6.42. The number of halogens is 1. The molecule has 2 aromatic heterocycles. The molecule has 124 valence electrons. The van der Waals surface area contributed by atoms with Crippen molar-refractivity contribution in [1.82, 2.24) is 4.57 Å². The molecule has 0 saturated carbocycles. The Labute approximate surface area is 164 Å². The molecule has 1 aliphatic rings. The Hall–Kier alpha value is -2.24. The molecular formula is C23H14INS. The van der Waals surface area contributed by atoms with Gasteiger partial charge in [-0.25, -0.2) is 0 Å². The average molecular weight is 463 g/mol. The van der Waals surface area contributed by atoms with Crippen LogP contribution in [0.3, 0.4) is 0 Å². The third-order valence-electron chi connectivity index (χ3n) is 5.05. The molecular weight excluding hydrogens is 449 g/mol. The van der Waals surface area contributed by atoms with E-state index >= 15 is 0 Å². The number of fused-ring (bicyclic) bond motifs is 7. The van der Waals surface area contributed by atoms with Crippen LogP contribution in [0.1, 0.15) is 0 Å². The maximum atomic E-state index is 2.46. The lowest BCUT2D eigenvalue weighted by Gasteiger charge is -2.10. The molecule has 3 heterocycles. The van der Waals surface area contributed by atoms with E-state index in [1.165, 1.54) is 47.7 Å². The van der Waals surface area contributed by atoms with Crippen molar-refractivity contribution in [3.63, 3.8) is 0 Å². The second-order valence-corrected chi connectivity index (χ2v) is 9.66. The Morgan fingerprint density at radius 2 is 1.62 bits per heavy atom. The van der Waals surface area contributed by atoms with Gasteiger partial charge in [-0.1, -0.05) is 63.2 Å². The molecule has 5 aromatic rings. The van der Waals surface area contributed by atoms with Crippen molar-refractivity contribution in [3.8, 4) is 0 Å². The highest BCUT2D eigenvalue weighted by Crippen LogP contribution is 2.43. The zero-order valence-electron chi connectivity index (χ0n) is 13.8. The summed E-state index contributed by atoms with van der Waals surface area (Å²) in [5.41, 5.74) is 3.89. The van der Waals surface area contributed by atoms with Gasteiger partial charge in [0, 0.05) is 36.6 Å². The highest BCUT2D eigenvalue weighted by atomic mass is 127. The van der Waals surface area contributed by atoms with Crippen LogP contribution in [0.2, 0.25) is 0 Å². The van der Waals surface area contributed by atoms with E-state index in [-0.39, 0.29) is 20.7 Å². The van der Waals surface area contributed by atoms with Gasteiger partial charge < -0.3 is 4.57 Å². The fraction of sp³-hybridized carbons (Fsp3) is 0. The minimum absolute atomic E-state index is 0.0741. The van der Waals surface area contributed by atoms with Gasteiger partial charge in [0.15, 0.2) is 0 Å². The van der Waals surface area contributed by atoms with Crippen LogP contribution in [-0.2, 0) is 0 Å². The van der Waals surface area contributed by atoms with E-state index in [0.29, 0.717) is 0 Å². The van der Waals surface area contributed by atoms with Gasteiger partial charge >= 0.3 is 0 Å². The molecule has 1 aliphatic heterocycles. The first-order valence-electron chi connectivity index (χ1n) is 8.57. The summed E-state index contributed by atoms with van der Waals surface area (Å²) >= 11 is 1.96. The summed E-state index contributed by atoms with van der Waals surface area (Å²) < 4.78 is 9.88. The summed E-state index contributed by atoms with van der Waals surface area (Å²) in [6.45, 7) is 0. The van der Waals surface area contributed by atoms with Crippen molar-refractivity contribution in [2.45, 2.75) is 0 Å². The molecule has 0 bridgehead atoms. The molecule has 26 heavy (non-hydrogen) atoms. The monoisotopic (exact) mass is 463 g/mol. The number of benzene rings is 3. The van der Waals surface area contributed by atoms with Crippen molar-refractivity contribution in [3.05, 3.63) is 76.9 Å². The predicted octanol–water partition coefficient (Wildman–Crippen LogP) is 7.30. The van der Waals surface area contributed by atoms with Crippen LogP contribution in [-0.4, -0.2) is 8.58 Å². The third kappa shape index (κ3) is 1.98. The maximum absolute atomic E-state index is 2.46. The Morgan fingerprint density at radius 3 is 2.50 bits per heavy atom. The molecule has 1 nitrogen and oxygen atoms in total. The summed E-state index contributed by atoms with van der Waals surface area (Å²) in [4.78, 5) is 0. The molecule has 0 spiro atoms. The minimum atomic E-state index is 0.0741. The Balaban J connectivity index is 1.94. The van der Waals surface area contributed by atoms with Gasteiger partial charge in [0.2, 0.25) is 0 Å². The lowest BCUT2D eigenvalue weighted by molar-refractivity contribution is 1.25. The maximum Gasteiger partial charge on any atom is 0.0634 e. The molecule has 3 aromatic carbocycles. The van der Waals surface area contributed by atoms with Crippen LogP contribution in [0.4, 0.5) is 0 Å². The van der Waals surface area contributed by atoms with Gasteiger partial charge in [0.1, 0.15) is 0 Å². The molecule has 0 atom stereocenters. The first-order chi connectivity index (χ1) is 12.9. The van der Waals surface area contributed by atoms with Crippen LogP contribution in [0.15, 0.2) is 76.9 Å². The van der Waals surface area contributed by atoms with Gasteiger partial charge in [-0.15, -0.1) is 11.3 Å². The highest BCUT2D eigenvalue weighted by molar-refractivity contribution is 14.2. The smallest absolute Gasteiger partial charge is 0.0634 e. The van der Waals surface area contributed by atoms with E-state index < -0.39 is 0 Å². The number of thiophene rings is 1. The van der Waals surface area contributed by atoms with E-state index in [1.807, 2.05) is 11.3 Å². The zero-order valence-corrected chi connectivity index (χ0v) is 16.8. The SMILES string of the molecule is C1=CC(n2c3ccccc3c3ccc4sc5ccccc5c4c32)=CC=I1. The van der Waals surface area contributed by atoms with E-state index in [4.69, 9.17) is 0 Å². The Bertz CT molecular complexity index is 1430. The van der Waals surface area contributed by atoms with Gasteiger partial charge in [-0.2, -0.15) is 0 Å². The van der Waals surface area contributed by atoms with Crippen molar-refractivity contribution in [2.75, 3.05) is 0 Å². The van der Waals surface area contributed by atoms with Crippen LogP contribution >= 0.6 is 32.1 Å². The number of rotatable bonds is 1. The van der Waals surface area contributed by atoms with Gasteiger partial charge in [0.05, 0.1) is 11.0 Å². The van der Waals surface area contributed by atoms with Crippen molar-refractivity contribution >= 4 is 83.8 Å². The van der Waals surface area contributed by atoms with Crippen LogP contribution in [0.5, 0.6) is 0 Å². The predicted molar refractivity (Wildman–Crippen MR) is 126 cm³/mol. The van der Waals surface area contributed by atoms with E-state index in [0.717, 1.165) is 0 Å². The topological polar surface area (TPSA) is 4.93 Å². The van der Waals surface area contributed by atoms with Crippen LogP contribution < -0.4 is 0 Å². The van der Waals surface area contributed by atoms with E-state index in [1.54, 1.807) is 0 Å². The number of nitrogens with zero attached hydrogens (tertiary/aromatic N) is 1. The summed E-state index contributed by atoms with van der Waals surface area (Å²) in [5, 5.41) is 5.41. The van der Waals surface area contributed by atoms with Crippen molar-refractivity contribution in [1.29, 1.82) is 0 Å². The van der Waals surface area contributed by atoms with Crippen LogP contribution in [0, 0.1) is 0 Å². The fourth-order valence-corrected chi connectivity index (χ4v) is 6.48. The Kier molecular flexibility index (Phi) is 3.22. The molecule has 0 fully saturated rings. The lowest BCUT2D eigenvalue weighted by Crippen LogP contribution is -1.96. The molecule has 0 saturated heterocycles. The van der Waals surface area contributed by atoms with Crippen molar-refractivity contribution in [2.24, 2.45) is 0 Å². The first-order valence-corrected chi connectivity index (χ1v) is 11.9. The molecule has 6 rings (SSSR count). The van der Waals surface area contributed by atoms with Crippen molar-refractivity contribution < 1.29 is 0 Å². The molecule has 0 radical (unpaired) electrons. The number of para-hydroxylation sites is 1. The second kappa shape index (κ2) is 5.63.